The van der Waals surface area contributed by atoms with Crippen LogP contribution in [-0.2, 0) is 24.3 Å². The van der Waals surface area contributed by atoms with Gasteiger partial charge in [-0.15, -0.1) is 10.2 Å². The monoisotopic (exact) mass is 472 g/mol. The lowest BCUT2D eigenvalue weighted by Gasteiger charge is -2.34. The van der Waals surface area contributed by atoms with E-state index < -0.39 is 0 Å². The Kier molecular flexibility index (Phi) is 6.63. The van der Waals surface area contributed by atoms with Crippen LogP contribution in [0.5, 0.6) is 0 Å². The predicted molar refractivity (Wildman–Crippen MR) is 136 cm³/mol. The minimum Gasteiger partial charge on any atom is -0.340 e. The van der Waals surface area contributed by atoms with Crippen molar-refractivity contribution in [3.05, 3.63) is 76.3 Å². The summed E-state index contributed by atoms with van der Waals surface area (Å²) in [6, 6.07) is 18.0. The fraction of sp³-hybridized carbons (Fsp3) is 0.407. The number of hydrogen-bond acceptors (Lipinski definition) is 5. The van der Waals surface area contributed by atoms with Crippen molar-refractivity contribution >= 4 is 22.6 Å². The number of hydrogen-bond donors (Lipinski definition) is 0. The van der Waals surface area contributed by atoms with Crippen molar-refractivity contribution in [3.8, 4) is 0 Å². The van der Waals surface area contributed by atoms with E-state index in [1.807, 2.05) is 39.6 Å². The molecular weight excluding hydrogens is 440 g/mol. The standard InChI is InChI=1S/C27H32N6O2/c1-20(2)18-32-26(35)22-10-6-7-11-23(22)33-24(28-29-27(32)33)12-13-25(34)31-16-14-30(15-17-31)19-21-8-4-3-5-9-21/h3-11,20H,12-19H2,1-2H3. The number of carbonyl (C=O) groups excluding carboxylic acids is 1. The molecule has 0 bridgehead atoms. The Morgan fingerprint density at radius 2 is 1.66 bits per heavy atom. The number of rotatable bonds is 7. The van der Waals surface area contributed by atoms with E-state index in [1.165, 1.54) is 5.56 Å². The summed E-state index contributed by atoms with van der Waals surface area (Å²) in [5.41, 5.74) is 2.04. The average Bonchev–Trinajstić information content (AvgIpc) is 3.30. The van der Waals surface area contributed by atoms with E-state index in [2.05, 4.69) is 53.2 Å². The van der Waals surface area contributed by atoms with Crippen molar-refractivity contribution in [2.24, 2.45) is 5.92 Å². The zero-order chi connectivity index (χ0) is 24.4. The quantitative estimate of drug-likeness (QED) is 0.413. The Morgan fingerprint density at radius 1 is 0.943 bits per heavy atom. The van der Waals surface area contributed by atoms with Gasteiger partial charge in [-0.25, -0.2) is 0 Å². The first-order chi connectivity index (χ1) is 17.0. The molecule has 1 amide bonds. The topological polar surface area (TPSA) is 75.7 Å². The van der Waals surface area contributed by atoms with Gasteiger partial charge >= 0.3 is 0 Å². The average molecular weight is 473 g/mol. The molecule has 8 nitrogen and oxygen atoms in total. The van der Waals surface area contributed by atoms with Gasteiger partial charge in [0.1, 0.15) is 5.82 Å². The maximum Gasteiger partial charge on any atom is 0.262 e. The van der Waals surface area contributed by atoms with E-state index in [9.17, 15) is 9.59 Å². The summed E-state index contributed by atoms with van der Waals surface area (Å²) in [5.74, 6) is 1.69. The van der Waals surface area contributed by atoms with Gasteiger partial charge in [0.15, 0.2) is 0 Å². The van der Waals surface area contributed by atoms with E-state index in [0.29, 0.717) is 42.3 Å². The van der Waals surface area contributed by atoms with Crippen LogP contribution >= 0.6 is 0 Å². The van der Waals surface area contributed by atoms with E-state index in [1.54, 1.807) is 4.57 Å². The van der Waals surface area contributed by atoms with Crippen LogP contribution in [0, 0.1) is 5.92 Å². The number of amides is 1. The Balaban J connectivity index is 1.29. The lowest BCUT2D eigenvalue weighted by atomic mass is 10.2. The third kappa shape index (κ3) is 4.84. The highest BCUT2D eigenvalue weighted by atomic mass is 16.2. The molecule has 35 heavy (non-hydrogen) atoms. The van der Waals surface area contributed by atoms with Crippen LogP contribution in [0.4, 0.5) is 0 Å². The van der Waals surface area contributed by atoms with Gasteiger partial charge < -0.3 is 4.90 Å². The summed E-state index contributed by atoms with van der Waals surface area (Å²) >= 11 is 0. The molecule has 0 atom stereocenters. The number of fused-ring (bicyclic) bond motifs is 3. The molecule has 0 aliphatic carbocycles. The van der Waals surface area contributed by atoms with E-state index in [4.69, 9.17) is 0 Å². The number of aromatic nitrogens is 4. The maximum absolute atomic E-state index is 13.1. The van der Waals surface area contributed by atoms with Gasteiger partial charge in [0.2, 0.25) is 11.7 Å². The fourth-order valence-corrected chi connectivity index (χ4v) is 4.88. The van der Waals surface area contributed by atoms with Gasteiger partial charge in [0, 0.05) is 52.1 Å². The molecule has 0 N–H and O–H groups in total. The highest BCUT2D eigenvalue weighted by Gasteiger charge is 2.22. The number of piperazine rings is 1. The number of carbonyl (C=O) groups is 1. The molecule has 1 saturated heterocycles. The number of benzene rings is 2. The van der Waals surface area contributed by atoms with Crippen molar-refractivity contribution in [1.82, 2.24) is 29.0 Å². The van der Waals surface area contributed by atoms with Gasteiger partial charge in [0.25, 0.3) is 5.56 Å². The molecule has 8 heteroatoms. The van der Waals surface area contributed by atoms with Crippen LogP contribution in [0.15, 0.2) is 59.4 Å². The summed E-state index contributed by atoms with van der Waals surface area (Å²) in [6.07, 6.45) is 0.852. The molecule has 1 fully saturated rings. The minimum absolute atomic E-state index is 0.0507. The summed E-state index contributed by atoms with van der Waals surface area (Å²) in [7, 11) is 0. The molecule has 0 saturated carbocycles. The molecule has 1 aliphatic heterocycles. The largest absolute Gasteiger partial charge is 0.340 e. The summed E-state index contributed by atoms with van der Waals surface area (Å²) in [4.78, 5) is 30.5. The Morgan fingerprint density at radius 3 is 2.40 bits per heavy atom. The van der Waals surface area contributed by atoms with E-state index in [0.717, 1.165) is 38.2 Å². The highest BCUT2D eigenvalue weighted by Crippen LogP contribution is 2.17. The number of para-hydroxylation sites is 1. The zero-order valence-corrected chi connectivity index (χ0v) is 20.4. The maximum atomic E-state index is 13.1. The van der Waals surface area contributed by atoms with Crippen molar-refractivity contribution in [2.75, 3.05) is 26.2 Å². The fourth-order valence-electron chi connectivity index (χ4n) is 4.88. The van der Waals surface area contributed by atoms with Crippen LogP contribution in [0.25, 0.3) is 16.7 Å². The second kappa shape index (κ2) is 10.00. The molecule has 0 unspecified atom stereocenters. The van der Waals surface area contributed by atoms with Crippen molar-refractivity contribution in [3.63, 3.8) is 0 Å². The first-order valence-electron chi connectivity index (χ1n) is 12.4. The number of aryl methyl sites for hydroxylation is 1. The first kappa shape index (κ1) is 23.2. The molecule has 0 spiro atoms. The molecule has 182 valence electrons. The van der Waals surface area contributed by atoms with Gasteiger partial charge in [-0.2, -0.15) is 0 Å². The summed E-state index contributed by atoms with van der Waals surface area (Å²) < 4.78 is 3.65. The highest BCUT2D eigenvalue weighted by molar-refractivity contribution is 5.80. The lowest BCUT2D eigenvalue weighted by molar-refractivity contribution is -0.133. The minimum atomic E-state index is -0.0507. The molecular formula is C27H32N6O2. The van der Waals surface area contributed by atoms with E-state index >= 15 is 0 Å². The molecule has 2 aromatic carbocycles. The summed E-state index contributed by atoms with van der Waals surface area (Å²) in [5, 5.41) is 9.41. The van der Waals surface area contributed by atoms with Gasteiger partial charge in [-0.05, 0) is 23.6 Å². The van der Waals surface area contributed by atoms with Crippen LogP contribution in [0.3, 0.4) is 0 Å². The molecule has 2 aromatic heterocycles. The Bertz CT molecular complexity index is 1380. The third-order valence-electron chi connectivity index (χ3n) is 6.66. The Labute approximate surface area is 204 Å². The van der Waals surface area contributed by atoms with E-state index in [-0.39, 0.29) is 11.5 Å². The summed E-state index contributed by atoms with van der Waals surface area (Å²) in [6.45, 7) is 8.87. The van der Waals surface area contributed by atoms with Crippen LogP contribution in [0.2, 0.25) is 0 Å². The van der Waals surface area contributed by atoms with Gasteiger partial charge in [-0.3, -0.25) is 23.5 Å². The third-order valence-corrected chi connectivity index (χ3v) is 6.66. The molecule has 0 radical (unpaired) electrons. The SMILES string of the molecule is CC(C)Cn1c(=O)c2ccccc2n2c(CCC(=O)N3CCN(Cc4ccccc4)CC3)nnc12. The van der Waals surface area contributed by atoms with Gasteiger partial charge in [-0.1, -0.05) is 56.3 Å². The second-order valence-corrected chi connectivity index (χ2v) is 9.72. The van der Waals surface area contributed by atoms with Gasteiger partial charge in [0.05, 0.1) is 10.9 Å². The molecule has 1 aliphatic rings. The number of nitrogens with zero attached hydrogens (tertiary/aromatic N) is 6. The Hall–Kier alpha value is -3.52. The molecule has 4 aromatic rings. The normalized spacial score (nSPS) is 14.9. The van der Waals surface area contributed by atoms with Crippen molar-refractivity contribution in [1.29, 1.82) is 0 Å². The molecule has 3 heterocycles. The lowest BCUT2D eigenvalue weighted by Crippen LogP contribution is -2.48. The zero-order valence-electron chi connectivity index (χ0n) is 20.4. The van der Waals surface area contributed by atoms with Crippen LogP contribution in [0.1, 0.15) is 31.7 Å². The van der Waals surface area contributed by atoms with Crippen LogP contribution < -0.4 is 5.56 Å². The van der Waals surface area contributed by atoms with Crippen molar-refractivity contribution in [2.45, 2.75) is 39.8 Å². The second-order valence-electron chi connectivity index (χ2n) is 9.72. The van der Waals surface area contributed by atoms with Crippen LogP contribution in [-0.4, -0.2) is 61.1 Å². The smallest absolute Gasteiger partial charge is 0.262 e. The first-order valence-corrected chi connectivity index (χ1v) is 12.4. The van der Waals surface area contributed by atoms with Crippen molar-refractivity contribution < 1.29 is 4.79 Å². The molecule has 5 rings (SSSR count). The predicted octanol–water partition coefficient (Wildman–Crippen LogP) is 2.98.